The first-order valence-electron chi connectivity index (χ1n) is 5.59. The van der Waals surface area contributed by atoms with Gasteiger partial charge in [0.05, 0.1) is 5.52 Å². The van der Waals surface area contributed by atoms with Crippen LogP contribution in [-0.4, -0.2) is 36.1 Å². The Morgan fingerprint density at radius 3 is 2.82 bits per heavy atom. The van der Waals surface area contributed by atoms with E-state index in [1.54, 1.807) is 6.33 Å². The van der Waals surface area contributed by atoms with E-state index in [0.29, 0.717) is 0 Å². The van der Waals surface area contributed by atoms with E-state index >= 15 is 0 Å². The number of hydrogen-bond donors (Lipinski definition) is 1. The molecular formula is C12H15ClN4. The average Bonchev–Trinajstić information content (AvgIpc) is 2.39. The van der Waals surface area contributed by atoms with Crippen molar-refractivity contribution >= 4 is 29.0 Å². The van der Waals surface area contributed by atoms with Gasteiger partial charge in [-0.1, -0.05) is 6.07 Å². The number of nitrogens with one attached hydrogen (secondary N) is 1. The molecule has 5 heteroatoms. The van der Waals surface area contributed by atoms with Crippen LogP contribution in [-0.2, 0) is 0 Å². The Morgan fingerprint density at radius 2 is 2.00 bits per heavy atom. The largest absolute Gasteiger partial charge is 0.368 e. The van der Waals surface area contributed by atoms with Crippen molar-refractivity contribution in [2.75, 3.05) is 31.1 Å². The highest BCUT2D eigenvalue weighted by Crippen LogP contribution is 2.24. The highest BCUT2D eigenvalue weighted by atomic mass is 35.5. The van der Waals surface area contributed by atoms with Gasteiger partial charge in [-0.15, -0.1) is 12.4 Å². The third-order valence-electron chi connectivity index (χ3n) is 2.98. The second-order valence-electron chi connectivity index (χ2n) is 3.97. The minimum atomic E-state index is 0. The van der Waals surface area contributed by atoms with Crippen LogP contribution in [0.15, 0.2) is 30.7 Å². The second-order valence-corrected chi connectivity index (χ2v) is 3.97. The number of benzene rings is 1. The smallest absolute Gasteiger partial charge is 0.116 e. The van der Waals surface area contributed by atoms with Crippen molar-refractivity contribution in [3.05, 3.63) is 30.7 Å². The molecule has 2 heterocycles. The maximum absolute atomic E-state index is 4.28. The van der Waals surface area contributed by atoms with Crippen LogP contribution in [0, 0.1) is 0 Å². The van der Waals surface area contributed by atoms with E-state index in [-0.39, 0.29) is 12.4 Å². The summed E-state index contributed by atoms with van der Waals surface area (Å²) in [6.07, 6.45) is 3.50. The Morgan fingerprint density at radius 1 is 1.18 bits per heavy atom. The summed E-state index contributed by atoms with van der Waals surface area (Å²) in [7, 11) is 0. The summed E-state index contributed by atoms with van der Waals surface area (Å²) in [5.41, 5.74) is 2.27. The summed E-state index contributed by atoms with van der Waals surface area (Å²) < 4.78 is 0. The molecule has 1 N–H and O–H groups in total. The number of nitrogens with zero attached hydrogens (tertiary/aromatic N) is 3. The molecule has 0 atom stereocenters. The molecule has 1 fully saturated rings. The molecule has 1 saturated heterocycles. The summed E-state index contributed by atoms with van der Waals surface area (Å²) in [6, 6.07) is 6.24. The van der Waals surface area contributed by atoms with Crippen molar-refractivity contribution in [3.63, 3.8) is 0 Å². The number of anilines is 1. The van der Waals surface area contributed by atoms with Crippen LogP contribution in [0.4, 0.5) is 5.69 Å². The Hall–Kier alpha value is -1.39. The summed E-state index contributed by atoms with van der Waals surface area (Å²) >= 11 is 0. The maximum Gasteiger partial charge on any atom is 0.116 e. The minimum Gasteiger partial charge on any atom is -0.368 e. The lowest BCUT2D eigenvalue weighted by Gasteiger charge is -2.30. The molecule has 0 aliphatic carbocycles. The first-order valence-corrected chi connectivity index (χ1v) is 5.59. The molecule has 1 aliphatic heterocycles. The van der Waals surface area contributed by atoms with Gasteiger partial charge in [0, 0.05) is 43.4 Å². The van der Waals surface area contributed by atoms with Crippen LogP contribution in [0.25, 0.3) is 10.9 Å². The fourth-order valence-electron chi connectivity index (χ4n) is 2.17. The normalized spacial score (nSPS) is 15.6. The summed E-state index contributed by atoms with van der Waals surface area (Å²) in [5.74, 6) is 0. The van der Waals surface area contributed by atoms with E-state index in [1.807, 2.05) is 12.3 Å². The number of piperazine rings is 1. The number of fused-ring (bicyclic) bond motifs is 1. The SMILES string of the molecule is Cl.c1cc(N2CCNCC2)c2cncnc2c1. The monoisotopic (exact) mass is 250 g/mol. The number of rotatable bonds is 1. The molecule has 1 aliphatic rings. The van der Waals surface area contributed by atoms with E-state index in [4.69, 9.17) is 0 Å². The van der Waals surface area contributed by atoms with Crippen LogP contribution < -0.4 is 10.2 Å². The van der Waals surface area contributed by atoms with Gasteiger partial charge < -0.3 is 10.2 Å². The first kappa shape index (κ1) is 12.1. The third kappa shape index (κ3) is 2.33. The Kier molecular flexibility index (Phi) is 3.76. The lowest BCUT2D eigenvalue weighted by Crippen LogP contribution is -2.43. The topological polar surface area (TPSA) is 41.0 Å². The fourth-order valence-corrected chi connectivity index (χ4v) is 2.17. The number of halogens is 1. The van der Waals surface area contributed by atoms with Gasteiger partial charge in [0.15, 0.2) is 0 Å². The summed E-state index contributed by atoms with van der Waals surface area (Å²) in [5, 5.41) is 4.50. The highest BCUT2D eigenvalue weighted by molar-refractivity contribution is 5.91. The molecule has 0 bridgehead atoms. The highest BCUT2D eigenvalue weighted by Gasteiger charge is 2.12. The zero-order chi connectivity index (χ0) is 10.8. The molecular weight excluding hydrogens is 236 g/mol. The van der Waals surface area contributed by atoms with Gasteiger partial charge in [0.1, 0.15) is 6.33 Å². The van der Waals surface area contributed by atoms with Crippen LogP contribution in [0.1, 0.15) is 0 Å². The number of hydrogen-bond acceptors (Lipinski definition) is 4. The molecule has 17 heavy (non-hydrogen) atoms. The van der Waals surface area contributed by atoms with E-state index < -0.39 is 0 Å². The van der Waals surface area contributed by atoms with Gasteiger partial charge in [-0.05, 0) is 12.1 Å². The predicted molar refractivity (Wildman–Crippen MR) is 71.9 cm³/mol. The van der Waals surface area contributed by atoms with Gasteiger partial charge in [0.2, 0.25) is 0 Å². The van der Waals surface area contributed by atoms with E-state index in [1.165, 1.54) is 5.69 Å². The third-order valence-corrected chi connectivity index (χ3v) is 2.98. The van der Waals surface area contributed by atoms with Gasteiger partial charge in [-0.3, -0.25) is 0 Å². The number of aromatic nitrogens is 2. The molecule has 2 aromatic rings. The van der Waals surface area contributed by atoms with Crippen molar-refractivity contribution in [1.29, 1.82) is 0 Å². The molecule has 0 unspecified atom stereocenters. The molecule has 1 aromatic carbocycles. The lowest BCUT2D eigenvalue weighted by molar-refractivity contribution is 0.590. The van der Waals surface area contributed by atoms with Gasteiger partial charge >= 0.3 is 0 Å². The zero-order valence-corrected chi connectivity index (χ0v) is 10.3. The Balaban J connectivity index is 0.00000108. The molecule has 0 spiro atoms. The standard InChI is InChI=1S/C12H14N4.ClH/c1-2-11-10(8-14-9-15-11)12(3-1)16-6-4-13-5-7-16;/h1-3,8-9,13H,4-7H2;1H. The summed E-state index contributed by atoms with van der Waals surface area (Å²) in [4.78, 5) is 10.8. The van der Waals surface area contributed by atoms with E-state index in [2.05, 4.69) is 32.3 Å². The molecule has 0 saturated carbocycles. The average molecular weight is 251 g/mol. The quantitative estimate of drug-likeness (QED) is 0.832. The van der Waals surface area contributed by atoms with Crippen LogP contribution in [0.3, 0.4) is 0 Å². The predicted octanol–water partition coefficient (Wildman–Crippen LogP) is 1.46. The Bertz CT molecular complexity index is 491. The molecule has 0 radical (unpaired) electrons. The van der Waals surface area contributed by atoms with Crippen molar-refractivity contribution in [2.45, 2.75) is 0 Å². The van der Waals surface area contributed by atoms with Crippen molar-refractivity contribution in [3.8, 4) is 0 Å². The van der Waals surface area contributed by atoms with Crippen molar-refractivity contribution in [2.24, 2.45) is 0 Å². The fraction of sp³-hybridized carbons (Fsp3) is 0.333. The van der Waals surface area contributed by atoms with Crippen molar-refractivity contribution < 1.29 is 0 Å². The van der Waals surface area contributed by atoms with Crippen LogP contribution in [0.5, 0.6) is 0 Å². The van der Waals surface area contributed by atoms with Gasteiger partial charge in [-0.2, -0.15) is 0 Å². The lowest BCUT2D eigenvalue weighted by atomic mass is 10.2. The molecule has 3 rings (SSSR count). The van der Waals surface area contributed by atoms with Gasteiger partial charge in [0.25, 0.3) is 0 Å². The Labute approximate surface area is 106 Å². The van der Waals surface area contributed by atoms with E-state index in [0.717, 1.165) is 37.1 Å². The summed E-state index contributed by atoms with van der Waals surface area (Å²) in [6.45, 7) is 4.19. The minimum absolute atomic E-state index is 0. The molecule has 90 valence electrons. The first-order chi connectivity index (χ1) is 7.95. The van der Waals surface area contributed by atoms with E-state index in [9.17, 15) is 0 Å². The van der Waals surface area contributed by atoms with Crippen LogP contribution >= 0.6 is 12.4 Å². The molecule has 1 aromatic heterocycles. The zero-order valence-electron chi connectivity index (χ0n) is 9.47. The molecule has 0 amide bonds. The molecule has 4 nitrogen and oxygen atoms in total. The van der Waals surface area contributed by atoms with Crippen LogP contribution in [0.2, 0.25) is 0 Å². The maximum atomic E-state index is 4.28. The van der Waals surface area contributed by atoms with Crippen molar-refractivity contribution in [1.82, 2.24) is 15.3 Å². The second kappa shape index (κ2) is 5.29. The van der Waals surface area contributed by atoms with Gasteiger partial charge in [-0.25, -0.2) is 9.97 Å².